The van der Waals surface area contributed by atoms with Crippen LogP contribution in [0.2, 0.25) is 0 Å². The number of amides is 1. The lowest BCUT2D eigenvalue weighted by Crippen LogP contribution is -2.35. The summed E-state index contributed by atoms with van der Waals surface area (Å²) in [7, 11) is 0. The summed E-state index contributed by atoms with van der Waals surface area (Å²) < 4.78 is 2.20. The average molecular weight is 442 g/mol. The van der Waals surface area contributed by atoms with Crippen molar-refractivity contribution < 1.29 is 4.79 Å². The molecule has 1 saturated heterocycles. The Kier molecular flexibility index (Phi) is 8.41. The molecule has 1 aromatic heterocycles. The zero-order valence-corrected chi connectivity index (χ0v) is 19.3. The summed E-state index contributed by atoms with van der Waals surface area (Å²) in [5, 5.41) is 13.1. The van der Waals surface area contributed by atoms with Crippen molar-refractivity contribution in [3.05, 3.63) is 41.7 Å². The summed E-state index contributed by atoms with van der Waals surface area (Å²) >= 11 is 1.51. The number of hydrogen-bond donors (Lipinski definition) is 1. The maximum absolute atomic E-state index is 12.6. The topological polar surface area (TPSA) is 63.1 Å². The number of likely N-dealkylation sites (tertiary alicyclic amines) is 1. The third kappa shape index (κ3) is 6.81. The number of aromatic nitrogens is 3. The molecule has 1 saturated carbocycles. The Labute approximate surface area is 190 Å². The quantitative estimate of drug-likeness (QED) is 0.490. The van der Waals surface area contributed by atoms with E-state index >= 15 is 0 Å². The van der Waals surface area contributed by atoms with Crippen molar-refractivity contribution in [2.75, 3.05) is 18.8 Å². The lowest BCUT2D eigenvalue weighted by Gasteiger charge is -2.26. The predicted molar refractivity (Wildman–Crippen MR) is 125 cm³/mol. The number of nitrogens with zero attached hydrogens (tertiary/aromatic N) is 4. The molecule has 0 atom stereocenters. The van der Waals surface area contributed by atoms with Crippen molar-refractivity contribution >= 4 is 17.7 Å². The lowest BCUT2D eigenvalue weighted by molar-refractivity contribution is -0.119. The van der Waals surface area contributed by atoms with Crippen LogP contribution in [0, 0.1) is 0 Å². The van der Waals surface area contributed by atoms with Crippen molar-refractivity contribution in [3.63, 3.8) is 0 Å². The summed E-state index contributed by atoms with van der Waals surface area (Å²) in [6, 6.07) is 10.8. The van der Waals surface area contributed by atoms with Crippen LogP contribution in [0.4, 0.5) is 0 Å². The van der Waals surface area contributed by atoms with E-state index in [-0.39, 0.29) is 5.91 Å². The molecule has 0 spiro atoms. The van der Waals surface area contributed by atoms with Crippen LogP contribution in [-0.2, 0) is 17.9 Å². The van der Waals surface area contributed by atoms with Crippen LogP contribution >= 0.6 is 11.8 Å². The molecule has 7 heteroatoms. The second kappa shape index (κ2) is 11.7. The second-order valence-corrected chi connectivity index (χ2v) is 9.79. The molecule has 1 aliphatic carbocycles. The van der Waals surface area contributed by atoms with E-state index in [4.69, 9.17) is 0 Å². The molecule has 2 fully saturated rings. The minimum atomic E-state index is 0.115. The van der Waals surface area contributed by atoms with E-state index in [1.807, 2.05) is 6.07 Å². The molecule has 1 aromatic carbocycles. The van der Waals surface area contributed by atoms with Gasteiger partial charge in [0.2, 0.25) is 5.91 Å². The molecule has 168 valence electrons. The van der Waals surface area contributed by atoms with Crippen LogP contribution < -0.4 is 5.32 Å². The first-order valence-electron chi connectivity index (χ1n) is 11.9. The molecule has 6 nitrogen and oxygen atoms in total. The van der Waals surface area contributed by atoms with Gasteiger partial charge < -0.3 is 9.88 Å². The Morgan fingerprint density at radius 3 is 2.39 bits per heavy atom. The van der Waals surface area contributed by atoms with Crippen molar-refractivity contribution in [2.45, 2.75) is 82.1 Å². The number of rotatable bonds is 8. The Balaban J connectivity index is 1.41. The van der Waals surface area contributed by atoms with E-state index in [1.165, 1.54) is 62.3 Å². The van der Waals surface area contributed by atoms with Gasteiger partial charge in [-0.25, -0.2) is 0 Å². The maximum Gasteiger partial charge on any atom is 0.230 e. The first-order chi connectivity index (χ1) is 15.3. The van der Waals surface area contributed by atoms with Crippen LogP contribution in [-0.4, -0.2) is 50.5 Å². The maximum atomic E-state index is 12.6. The first-order valence-corrected chi connectivity index (χ1v) is 12.9. The Hall–Kier alpha value is -1.86. The zero-order chi connectivity index (χ0) is 21.3. The average Bonchev–Trinajstić information content (AvgIpc) is 2.98. The normalized spacial score (nSPS) is 18.6. The third-order valence-electron chi connectivity index (χ3n) is 6.34. The van der Waals surface area contributed by atoms with Crippen molar-refractivity contribution in [2.24, 2.45) is 0 Å². The SMILES string of the molecule is O=C(CSc1nnc(CN2CCCCC2)n1Cc1ccccc1)NC1CCCCCC1. The molecule has 1 amide bonds. The van der Waals surface area contributed by atoms with Crippen LogP contribution in [0.3, 0.4) is 0 Å². The second-order valence-electron chi connectivity index (χ2n) is 8.85. The molecular formula is C24H35N5OS. The summed E-state index contributed by atoms with van der Waals surface area (Å²) in [4.78, 5) is 15.1. The van der Waals surface area contributed by atoms with Crippen LogP contribution in [0.25, 0.3) is 0 Å². The first kappa shape index (κ1) is 22.3. The van der Waals surface area contributed by atoms with E-state index in [9.17, 15) is 4.79 Å². The number of benzene rings is 1. The fourth-order valence-electron chi connectivity index (χ4n) is 4.61. The molecule has 2 aromatic rings. The van der Waals surface area contributed by atoms with Gasteiger partial charge in [-0.05, 0) is 44.3 Å². The highest BCUT2D eigenvalue weighted by Gasteiger charge is 2.20. The van der Waals surface area contributed by atoms with Gasteiger partial charge in [-0.1, -0.05) is 74.2 Å². The standard InChI is InChI=1S/C24H35N5OS/c30-23(25-21-13-7-1-2-8-14-21)19-31-24-27-26-22(18-28-15-9-4-10-16-28)29(24)17-20-11-5-3-6-12-20/h3,5-6,11-12,21H,1-2,4,7-10,13-19H2,(H,25,30). The summed E-state index contributed by atoms with van der Waals surface area (Å²) in [6.07, 6.45) is 11.1. The number of thioether (sulfide) groups is 1. The van der Waals surface area contributed by atoms with Gasteiger partial charge in [-0.2, -0.15) is 0 Å². The molecule has 0 unspecified atom stereocenters. The molecule has 0 bridgehead atoms. The van der Waals surface area contributed by atoms with Gasteiger partial charge in [-0.15, -0.1) is 10.2 Å². The van der Waals surface area contributed by atoms with Crippen molar-refractivity contribution in [3.8, 4) is 0 Å². The van der Waals surface area contributed by atoms with E-state index in [0.29, 0.717) is 11.8 Å². The van der Waals surface area contributed by atoms with E-state index in [2.05, 4.69) is 49.2 Å². The fraction of sp³-hybridized carbons (Fsp3) is 0.625. The fourth-order valence-corrected chi connectivity index (χ4v) is 5.38. The predicted octanol–water partition coefficient (Wildman–Crippen LogP) is 4.24. The van der Waals surface area contributed by atoms with Gasteiger partial charge in [0.25, 0.3) is 0 Å². The molecule has 2 heterocycles. The van der Waals surface area contributed by atoms with Crippen LogP contribution in [0.5, 0.6) is 0 Å². The summed E-state index contributed by atoms with van der Waals surface area (Å²) in [5.41, 5.74) is 1.23. The number of carbonyl (C=O) groups is 1. The minimum absolute atomic E-state index is 0.115. The minimum Gasteiger partial charge on any atom is -0.353 e. The number of piperidine rings is 1. The summed E-state index contributed by atoms with van der Waals surface area (Å²) in [5.74, 6) is 1.51. The van der Waals surface area contributed by atoms with Gasteiger partial charge in [0.15, 0.2) is 5.16 Å². The Morgan fingerprint density at radius 2 is 1.65 bits per heavy atom. The highest BCUT2D eigenvalue weighted by atomic mass is 32.2. The third-order valence-corrected chi connectivity index (χ3v) is 7.31. The highest BCUT2D eigenvalue weighted by molar-refractivity contribution is 7.99. The van der Waals surface area contributed by atoms with Crippen molar-refractivity contribution in [1.82, 2.24) is 25.0 Å². The van der Waals surface area contributed by atoms with Gasteiger partial charge in [0.05, 0.1) is 18.8 Å². The lowest BCUT2D eigenvalue weighted by atomic mass is 10.1. The molecule has 0 radical (unpaired) electrons. The van der Waals surface area contributed by atoms with E-state index < -0.39 is 0 Å². The van der Waals surface area contributed by atoms with E-state index in [1.54, 1.807) is 0 Å². The number of nitrogens with one attached hydrogen (secondary N) is 1. The molecule has 4 rings (SSSR count). The summed E-state index contributed by atoms with van der Waals surface area (Å²) in [6.45, 7) is 3.83. The van der Waals surface area contributed by atoms with Gasteiger partial charge in [0, 0.05) is 6.04 Å². The monoisotopic (exact) mass is 441 g/mol. The molecular weight excluding hydrogens is 406 g/mol. The smallest absolute Gasteiger partial charge is 0.230 e. The molecule has 2 aliphatic rings. The number of carbonyl (C=O) groups excluding carboxylic acids is 1. The highest BCUT2D eigenvalue weighted by Crippen LogP contribution is 2.22. The molecule has 1 N–H and O–H groups in total. The molecule has 31 heavy (non-hydrogen) atoms. The van der Waals surface area contributed by atoms with Gasteiger partial charge >= 0.3 is 0 Å². The zero-order valence-electron chi connectivity index (χ0n) is 18.5. The van der Waals surface area contributed by atoms with Gasteiger partial charge in [0.1, 0.15) is 5.82 Å². The van der Waals surface area contributed by atoms with Crippen LogP contribution in [0.15, 0.2) is 35.5 Å². The van der Waals surface area contributed by atoms with Gasteiger partial charge in [-0.3, -0.25) is 9.69 Å². The van der Waals surface area contributed by atoms with Crippen LogP contribution in [0.1, 0.15) is 69.2 Å². The molecule has 1 aliphatic heterocycles. The largest absolute Gasteiger partial charge is 0.353 e. The van der Waals surface area contributed by atoms with E-state index in [0.717, 1.165) is 50.0 Å². The number of hydrogen-bond acceptors (Lipinski definition) is 5. The van der Waals surface area contributed by atoms with Crippen molar-refractivity contribution in [1.29, 1.82) is 0 Å². The Morgan fingerprint density at radius 1 is 0.935 bits per heavy atom. The Bertz CT molecular complexity index is 811.